The number of pyridine rings is 1. The van der Waals surface area contributed by atoms with Crippen molar-refractivity contribution < 1.29 is 13.2 Å². The Balaban J connectivity index is 2.83. The van der Waals surface area contributed by atoms with Gasteiger partial charge in [-0.1, -0.05) is 23.2 Å². The first-order valence-electron chi connectivity index (χ1n) is 4.38. The Kier molecular flexibility index (Phi) is 2.83. The van der Waals surface area contributed by atoms with Crippen molar-refractivity contribution in [1.82, 2.24) is 4.98 Å². The molecule has 1 heterocycles. The van der Waals surface area contributed by atoms with Gasteiger partial charge in [0.2, 0.25) is 0 Å². The molecule has 0 amide bonds. The normalized spacial score (nSPS) is 12.1. The molecule has 1 aromatic carbocycles. The molecule has 2 aromatic rings. The smallest absolute Gasteiger partial charge is 0.351 e. The van der Waals surface area contributed by atoms with Crippen LogP contribution in [0.4, 0.5) is 13.2 Å². The lowest BCUT2D eigenvalue weighted by molar-refractivity contribution is -0.141. The summed E-state index contributed by atoms with van der Waals surface area (Å²) in [7, 11) is 0. The number of rotatable bonds is 0. The summed E-state index contributed by atoms with van der Waals surface area (Å²) in [6.07, 6.45) is -4.61. The molecule has 0 atom stereocenters. The monoisotopic (exact) mass is 281 g/mol. The molecule has 0 unspecified atom stereocenters. The molecule has 0 aliphatic heterocycles. The molecule has 90 valence electrons. The van der Waals surface area contributed by atoms with Gasteiger partial charge in [-0.15, -0.1) is 0 Å². The second-order valence-electron chi connectivity index (χ2n) is 3.36. The van der Waals surface area contributed by atoms with Gasteiger partial charge in [0.25, 0.3) is 0 Å². The molecule has 2 rings (SSSR count). The summed E-state index contributed by atoms with van der Waals surface area (Å²) in [5.41, 5.74) is -1.88. The van der Waals surface area contributed by atoms with Crippen LogP contribution in [0, 0.1) is 0 Å². The number of benzene rings is 1. The van der Waals surface area contributed by atoms with Crippen LogP contribution in [-0.4, -0.2) is 4.98 Å². The zero-order chi connectivity index (χ0) is 12.8. The van der Waals surface area contributed by atoms with E-state index < -0.39 is 17.3 Å². The van der Waals surface area contributed by atoms with Crippen LogP contribution in [-0.2, 0) is 6.18 Å². The number of H-pyrrole nitrogens is 1. The zero-order valence-corrected chi connectivity index (χ0v) is 9.54. The van der Waals surface area contributed by atoms with Crippen molar-refractivity contribution in [2.75, 3.05) is 0 Å². The van der Waals surface area contributed by atoms with Crippen molar-refractivity contribution in [2.24, 2.45) is 0 Å². The first kappa shape index (κ1) is 12.3. The molecule has 2 nitrogen and oxygen atoms in total. The van der Waals surface area contributed by atoms with E-state index >= 15 is 0 Å². The van der Waals surface area contributed by atoms with Gasteiger partial charge in [0, 0.05) is 11.5 Å². The largest absolute Gasteiger partial charge is 0.431 e. The fourth-order valence-corrected chi connectivity index (χ4v) is 1.72. The number of alkyl halides is 3. The summed E-state index contributed by atoms with van der Waals surface area (Å²) in [5, 5.41) is 0.256. The fraction of sp³-hybridized carbons (Fsp3) is 0.100. The number of hydrogen-bond donors (Lipinski definition) is 1. The van der Waals surface area contributed by atoms with Gasteiger partial charge < -0.3 is 4.98 Å². The second-order valence-corrected chi connectivity index (χ2v) is 4.17. The van der Waals surface area contributed by atoms with E-state index in [9.17, 15) is 18.0 Å². The Hall–Kier alpha value is -1.20. The van der Waals surface area contributed by atoms with Gasteiger partial charge in [0.1, 0.15) is 5.69 Å². The molecule has 0 saturated carbocycles. The topological polar surface area (TPSA) is 32.9 Å². The average molecular weight is 282 g/mol. The summed E-state index contributed by atoms with van der Waals surface area (Å²) < 4.78 is 37.3. The zero-order valence-electron chi connectivity index (χ0n) is 8.03. The molecule has 0 spiro atoms. The molecule has 0 radical (unpaired) electrons. The van der Waals surface area contributed by atoms with Crippen molar-refractivity contribution in [3.05, 3.63) is 44.2 Å². The Morgan fingerprint density at radius 1 is 1.06 bits per heavy atom. The lowest BCUT2D eigenvalue weighted by Gasteiger charge is -2.08. The first-order valence-corrected chi connectivity index (χ1v) is 5.14. The molecule has 1 aromatic heterocycles. The van der Waals surface area contributed by atoms with Crippen molar-refractivity contribution in [2.45, 2.75) is 6.18 Å². The maximum atomic E-state index is 12.4. The highest BCUT2D eigenvalue weighted by molar-refractivity contribution is 6.42. The predicted octanol–water partition coefficient (Wildman–Crippen LogP) is 3.85. The third kappa shape index (κ3) is 2.25. The van der Waals surface area contributed by atoms with E-state index in [4.69, 9.17) is 23.2 Å². The fourth-order valence-electron chi connectivity index (χ4n) is 1.40. The Morgan fingerprint density at radius 2 is 1.65 bits per heavy atom. The first-order chi connectivity index (χ1) is 7.79. The molecular weight excluding hydrogens is 278 g/mol. The summed E-state index contributed by atoms with van der Waals surface area (Å²) in [6.45, 7) is 0. The average Bonchev–Trinajstić information content (AvgIpc) is 2.19. The van der Waals surface area contributed by atoms with Gasteiger partial charge in [-0.25, -0.2) is 0 Å². The van der Waals surface area contributed by atoms with Gasteiger partial charge in [0.15, 0.2) is 5.43 Å². The summed E-state index contributed by atoms with van der Waals surface area (Å²) >= 11 is 11.4. The van der Waals surface area contributed by atoms with Crippen LogP contribution in [0.15, 0.2) is 23.0 Å². The van der Waals surface area contributed by atoms with E-state index in [0.717, 1.165) is 0 Å². The van der Waals surface area contributed by atoms with E-state index in [-0.39, 0.29) is 20.9 Å². The highest BCUT2D eigenvalue weighted by Crippen LogP contribution is 2.30. The molecule has 0 saturated heterocycles. The summed E-state index contributed by atoms with van der Waals surface area (Å²) in [4.78, 5) is 13.6. The van der Waals surface area contributed by atoms with E-state index in [2.05, 4.69) is 4.98 Å². The number of fused-ring (bicyclic) bond motifs is 1. The van der Waals surface area contributed by atoms with Gasteiger partial charge in [-0.2, -0.15) is 13.2 Å². The number of nitrogens with one attached hydrogen (secondary N) is 1. The van der Waals surface area contributed by atoms with E-state index in [1.54, 1.807) is 0 Å². The second kappa shape index (κ2) is 3.92. The van der Waals surface area contributed by atoms with Crippen molar-refractivity contribution in [3.63, 3.8) is 0 Å². The maximum Gasteiger partial charge on any atom is 0.431 e. The Labute approximate surface area is 103 Å². The molecule has 0 aliphatic rings. The quantitative estimate of drug-likeness (QED) is 0.782. The highest BCUT2D eigenvalue weighted by atomic mass is 35.5. The Bertz CT molecular complexity index is 648. The molecule has 0 bridgehead atoms. The summed E-state index contributed by atoms with van der Waals surface area (Å²) in [6, 6.07) is 2.92. The van der Waals surface area contributed by atoms with Gasteiger partial charge in [-0.3, -0.25) is 4.79 Å². The molecule has 7 heteroatoms. The molecular formula is C10H4Cl2F3NO. The number of halogens is 5. The van der Waals surface area contributed by atoms with Crippen LogP contribution in [0.2, 0.25) is 10.0 Å². The molecule has 0 aliphatic carbocycles. The third-order valence-electron chi connectivity index (χ3n) is 2.18. The highest BCUT2D eigenvalue weighted by Gasteiger charge is 2.32. The number of aromatic amines is 1. The molecule has 1 N–H and O–H groups in total. The van der Waals surface area contributed by atoms with Crippen molar-refractivity contribution in [1.29, 1.82) is 0 Å². The van der Waals surface area contributed by atoms with Crippen molar-refractivity contribution in [3.8, 4) is 0 Å². The summed E-state index contributed by atoms with van der Waals surface area (Å²) in [5.74, 6) is 0. The van der Waals surface area contributed by atoms with Gasteiger partial charge in [-0.05, 0) is 12.1 Å². The van der Waals surface area contributed by atoms with Crippen molar-refractivity contribution >= 4 is 34.1 Å². The maximum absolute atomic E-state index is 12.4. The molecule has 17 heavy (non-hydrogen) atoms. The van der Waals surface area contributed by atoms with Crippen LogP contribution in [0.5, 0.6) is 0 Å². The lowest BCUT2D eigenvalue weighted by atomic mass is 10.2. The number of hydrogen-bond acceptors (Lipinski definition) is 1. The van der Waals surface area contributed by atoms with E-state index in [1.807, 2.05) is 0 Å². The van der Waals surface area contributed by atoms with E-state index in [1.165, 1.54) is 12.1 Å². The minimum Gasteiger partial charge on any atom is -0.351 e. The van der Waals surface area contributed by atoms with Crippen LogP contribution < -0.4 is 5.43 Å². The van der Waals surface area contributed by atoms with Gasteiger partial charge in [0.05, 0.1) is 15.6 Å². The SMILES string of the molecule is O=c1cc(C(F)(F)F)[nH]c2cc(Cl)c(Cl)cc12. The third-order valence-corrected chi connectivity index (χ3v) is 2.90. The van der Waals surface area contributed by atoms with Crippen LogP contribution in [0.3, 0.4) is 0 Å². The molecule has 0 fully saturated rings. The van der Waals surface area contributed by atoms with Crippen LogP contribution in [0.25, 0.3) is 10.9 Å². The predicted molar refractivity (Wildman–Crippen MR) is 59.6 cm³/mol. The Morgan fingerprint density at radius 3 is 2.24 bits per heavy atom. The number of aromatic nitrogens is 1. The van der Waals surface area contributed by atoms with Gasteiger partial charge >= 0.3 is 6.18 Å². The van der Waals surface area contributed by atoms with Crippen LogP contribution >= 0.6 is 23.2 Å². The standard InChI is InChI=1S/C10H4Cl2F3NO/c11-5-1-4-7(2-6(5)12)16-9(3-8(4)17)10(13,14)15/h1-3H,(H,16,17). The minimum atomic E-state index is -4.61. The minimum absolute atomic E-state index is 0.000718. The lowest BCUT2D eigenvalue weighted by Crippen LogP contribution is -2.13. The van der Waals surface area contributed by atoms with Crippen LogP contribution in [0.1, 0.15) is 5.69 Å². The van der Waals surface area contributed by atoms with E-state index in [0.29, 0.717) is 6.07 Å².